The zero-order valence-corrected chi connectivity index (χ0v) is 14.2. The largest absolute Gasteiger partial charge is 0.279 e. The number of rotatable bonds is 4. The van der Waals surface area contributed by atoms with Crippen LogP contribution < -0.4 is 0 Å². The van der Waals surface area contributed by atoms with Gasteiger partial charge in [-0.05, 0) is 32.1 Å². The van der Waals surface area contributed by atoms with Crippen LogP contribution in [-0.2, 0) is 19.4 Å². The molecule has 2 aliphatic heterocycles. The van der Waals surface area contributed by atoms with Gasteiger partial charge in [-0.15, -0.1) is 0 Å². The van der Waals surface area contributed by atoms with Crippen molar-refractivity contribution in [2.75, 3.05) is 18.2 Å². The van der Waals surface area contributed by atoms with Crippen LogP contribution in [0.1, 0.15) is 51.4 Å². The molecule has 0 aromatic heterocycles. The summed E-state index contributed by atoms with van der Waals surface area (Å²) in [5, 5.41) is 0. The normalized spacial score (nSPS) is 32.6. The van der Waals surface area contributed by atoms with Gasteiger partial charge < -0.3 is 0 Å². The fourth-order valence-corrected chi connectivity index (χ4v) is 6.32. The van der Waals surface area contributed by atoms with E-state index in [1.165, 1.54) is 4.90 Å². The summed E-state index contributed by atoms with van der Waals surface area (Å²) in [5.74, 6) is 0.326. The fourth-order valence-electron chi connectivity index (χ4n) is 4.58. The summed E-state index contributed by atoms with van der Waals surface area (Å²) in [6.45, 7) is 0.296. The molecule has 1 atom stereocenters. The molecule has 4 rings (SSSR count). The predicted octanol–water partition coefficient (Wildman–Crippen LogP) is 0.915. The predicted molar refractivity (Wildman–Crippen MR) is 84.2 cm³/mol. The zero-order chi connectivity index (χ0) is 16.2. The second-order valence-electron chi connectivity index (χ2n) is 7.73. The third-order valence-corrected chi connectivity index (χ3v) is 7.80. The molecule has 0 N–H and O–H groups in total. The van der Waals surface area contributed by atoms with Crippen LogP contribution in [0.2, 0.25) is 0 Å². The van der Waals surface area contributed by atoms with E-state index in [1.54, 1.807) is 0 Å². The van der Waals surface area contributed by atoms with Gasteiger partial charge in [0.05, 0.1) is 23.6 Å². The molecule has 0 bridgehead atoms. The van der Waals surface area contributed by atoms with E-state index in [1.807, 2.05) is 0 Å². The van der Waals surface area contributed by atoms with Crippen LogP contribution >= 0.6 is 0 Å². The highest BCUT2D eigenvalue weighted by Crippen LogP contribution is 2.47. The van der Waals surface area contributed by atoms with Crippen LogP contribution in [0.3, 0.4) is 0 Å². The lowest BCUT2D eigenvalue weighted by Gasteiger charge is -2.32. The lowest BCUT2D eigenvalue weighted by Crippen LogP contribution is -2.48. The molecule has 2 saturated carbocycles. The Bertz CT molecular complexity index is 634. The highest BCUT2D eigenvalue weighted by molar-refractivity contribution is 7.91. The van der Waals surface area contributed by atoms with Gasteiger partial charge in [0.25, 0.3) is 0 Å². The first-order chi connectivity index (χ1) is 10.9. The number of amides is 2. The number of likely N-dealkylation sites (tertiary alicyclic amines) is 1. The number of hydrogen-bond donors (Lipinski definition) is 0. The van der Waals surface area contributed by atoms with E-state index in [9.17, 15) is 18.0 Å². The van der Waals surface area contributed by atoms with Gasteiger partial charge in [-0.25, -0.2) is 8.42 Å². The molecule has 7 heteroatoms. The van der Waals surface area contributed by atoms with Crippen LogP contribution in [0.5, 0.6) is 0 Å². The fraction of sp³-hybridized carbons (Fsp3) is 0.875. The zero-order valence-electron chi connectivity index (χ0n) is 13.4. The van der Waals surface area contributed by atoms with Crippen LogP contribution in [-0.4, -0.2) is 60.3 Å². The maximum Gasteiger partial charge on any atom is 0.237 e. The van der Waals surface area contributed by atoms with Crippen molar-refractivity contribution in [3.05, 3.63) is 0 Å². The number of hydrogen-bond acceptors (Lipinski definition) is 5. The highest BCUT2D eigenvalue weighted by atomic mass is 32.2. The molecule has 1 spiro atoms. The van der Waals surface area contributed by atoms with E-state index in [4.69, 9.17) is 0 Å². The lowest BCUT2D eigenvalue weighted by molar-refractivity contribution is -0.144. The van der Waals surface area contributed by atoms with E-state index in [0.717, 1.165) is 38.5 Å². The molecule has 4 fully saturated rings. The molecular formula is C16H24N2O4S. The van der Waals surface area contributed by atoms with Crippen LogP contribution in [0.15, 0.2) is 0 Å². The van der Waals surface area contributed by atoms with Crippen molar-refractivity contribution < 1.29 is 18.0 Å². The Morgan fingerprint density at radius 2 is 1.78 bits per heavy atom. The maximum absolute atomic E-state index is 12.8. The molecule has 0 unspecified atom stereocenters. The minimum Gasteiger partial charge on any atom is -0.279 e. The Hall–Kier alpha value is -0.950. The Morgan fingerprint density at radius 1 is 1.09 bits per heavy atom. The first-order valence-electron chi connectivity index (χ1n) is 8.71. The number of carbonyl (C=O) groups is 2. The molecule has 6 nitrogen and oxygen atoms in total. The van der Waals surface area contributed by atoms with E-state index >= 15 is 0 Å². The molecular weight excluding hydrogens is 316 g/mol. The van der Waals surface area contributed by atoms with Crippen molar-refractivity contribution in [1.82, 2.24) is 9.80 Å². The first-order valence-corrected chi connectivity index (χ1v) is 10.5. The minimum absolute atomic E-state index is 0.00787. The number of sulfone groups is 1. The molecule has 2 saturated heterocycles. The smallest absolute Gasteiger partial charge is 0.237 e. The Labute approximate surface area is 137 Å². The van der Waals surface area contributed by atoms with Gasteiger partial charge in [0, 0.05) is 18.5 Å². The Balaban J connectivity index is 1.51. The second kappa shape index (κ2) is 5.28. The number of nitrogens with zero attached hydrogens (tertiary/aromatic N) is 2. The molecule has 4 aliphatic rings. The van der Waals surface area contributed by atoms with Crippen molar-refractivity contribution in [1.29, 1.82) is 0 Å². The van der Waals surface area contributed by atoms with Gasteiger partial charge >= 0.3 is 0 Å². The first kappa shape index (κ1) is 15.6. The summed E-state index contributed by atoms with van der Waals surface area (Å²) in [5.41, 5.74) is -0.436. The van der Waals surface area contributed by atoms with E-state index in [-0.39, 0.29) is 29.4 Å². The third-order valence-electron chi connectivity index (χ3n) is 6.05. The molecule has 0 aromatic carbocycles. The van der Waals surface area contributed by atoms with Crippen molar-refractivity contribution in [2.45, 2.75) is 63.5 Å². The lowest BCUT2D eigenvalue weighted by atomic mass is 9.85. The van der Waals surface area contributed by atoms with Crippen molar-refractivity contribution in [3.63, 3.8) is 0 Å². The molecule has 2 amide bonds. The standard InChI is InChI=1S/C16H24N2O4S/c19-14-9-16(6-1-2-7-16)15(20)18(14)11-17(12-3-4-12)13-5-8-23(21,22)10-13/h12-13H,1-11H2/t13-/m0/s1. The molecule has 0 radical (unpaired) electrons. The van der Waals surface area contributed by atoms with Gasteiger partial charge in [0.15, 0.2) is 9.84 Å². The van der Waals surface area contributed by atoms with Crippen LogP contribution in [0.4, 0.5) is 0 Å². The summed E-state index contributed by atoms with van der Waals surface area (Å²) in [6, 6.07) is 0.308. The maximum atomic E-state index is 12.8. The molecule has 23 heavy (non-hydrogen) atoms. The third kappa shape index (κ3) is 2.71. The number of carbonyl (C=O) groups excluding carboxylic acids is 2. The Morgan fingerprint density at radius 3 is 2.35 bits per heavy atom. The molecule has 0 aromatic rings. The van der Waals surface area contributed by atoms with Crippen LogP contribution in [0, 0.1) is 5.41 Å². The van der Waals surface area contributed by atoms with E-state index < -0.39 is 15.3 Å². The molecule has 2 heterocycles. The monoisotopic (exact) mass is 340 g/mol. The Kier molecular flexibility index (Phi) is 3.57. The van der Waals surface area contributed by atoms with E-state index in [2.05, 4.69) is 4.90 Å². The average molecular weight is 340 g/mol. The second-order valence-corrected chi connectivity index (χ2v) is 9.96. The van der Waals surface area contributed by atoms with Gasteiger partial charge in [-0.3, -0.25) is 19.4 Å². The minimum atomic E-state index is -2.96. The van der Waals surface area contributed by atoms with Gasteiger partial charge in [0.2, 0.25) is 11.8 Å². The SMILES string of the molecule is O=C1CC2(CCCC2)C(=O)N1CN(C1CC1)[C@H]1CCS(=O)(=O)C1. The van der Waals surface area contributed by atoms with Crippen molar-refractivity contribution in [2.24, 2.45) is 5.41 Å². The quantitative estimate of drug-likeness (QED) is 0.711. The van der Waals surface area contributed by atoms with Crippen molar-refractivity contribution >= 4 is 21.7 Å². The van der Waals surface area contributed by atoms with Crippen molar-refractivity contribution in [3.8, 4) is 0 Å². The molecule has 128 valence electrons. The average Bonchev–Trinajstić information content (AvgIpc) is 3.04. The van der Waals surface area contributed by atoms with Gasteiger partial charge in [0.1, 0.15) is 0 Å². The van der Waals surface area contributed by atoms with E-state index in [0.29, 0.717) is 25.6 Å². The van der Waals surface area contributed by atoms with Gasteiger partial charge in [-0.2, -0.15) is 0 Å². The summed E-state index contributed by atoms with van der Waals surface area (Å²) in [7, 11) is -2.96. The summed E-state index contributed by atoms with van der Waals surface area (Å²) >= 11 is 0. The summed E-state index contributed by atoms with van der Waals surface area (Å²) in [6.07, 6.45) is 6.77. The van der Waals surface area contributed by atoms with Gasteiger partial charge in [-0.1, -0.05) is 12.8 Å². The summed E-state index contributed by atoms with van der Waals surface area (Å²) < 4.78 is 23.6. The number of imide groups is 1. The molecule has 2 aliphatic carbocycles. The summed E-state index contributed by atoms with van der Waals surface area (Å²) in [4.78, 5) is 28.8. The topological polar surface area (TPSA) is 74.8 Å². The van der Waals surface area contributed by atoms with Crippen LogP contribution in [0.25, 0.3) is 0 Å². The highest BCUT2D eigenvalue weighted by Gasteiger charge is 2.53.